The normalized spacial score (nSPS) is 29.4. The van der Waals surface area contributed by atoms with Crippen molar-refractivity contribution in [2.75, 3.05) is 13.7 Å². The first-order valence-corrected chi connectivity index (χ1v) is 3.73. The highest BCUT2D eigenvalue weighted by atomic mass is 16.5. The molecular weight excluding hydrogens is 130 g/mol. The second-order valence-corrected chi connectivity index (χ2v) is 2.77. The number of aliphatic hydroxyl groups is 1. The molecule has 10 heavy (non-hydrogen) atoms. The summed E-state index contributed by atoms with van der Waals surface area (Å²) in [6.07, 6.45) is 1.89. The van der Waals surface area contributed by atoms with Crippen molar-refractivity contribution in [3.63, 3.8) is 0 Å². The summed E-state index contributed by atoms with van der Waals surface area (Å²) in [6.45, 7) is 2.59. The van der Waals surface area contributed by atoms with E-state index in [-0.39, 0.29) is 6.23 Å². The summed E-state index contributed by atoms with van der Waals surface area (Å²) in [6, 6.07) is 0. The van der Waals surface area contributed by atoms with Crippen LogP contribution in [0.2, 0.25) is 0 Å². The molecule has 2 unspecified atom stereocenters. The van der Waals surface area contributed by atoms with Crippen LogP contribution in [0.1, 0.15) is 19.8 Å². The van der Waals surface area contributed by atoms with Gasteiger partial charge in [-0.05, 0) is 26.8 Å². The maximum absolute atomic E-state index is 9.13. The number of hydrogen-bond acceptors (Lipinski definition) is 3. The molecule has 0 bridgehead atoms. The maximum atomic E-state index is 9.13. The quantitative estimate of drug-likeness (QED) is 0.571. The Kier molecular flexibility index (Phi) is 2.65. The van der Waals surface area contributed by atoms with Crippen molar-refractivity contribution in [2.45, 2.75) is 32.2 Å². The van der Waals surface area contributed by atoms with E-state index in [2.05, 4.69) is 0 Å². The van der Waals surface area contributed by atoms with Crippen molar-refractivity contribution in [2.24, 2.45) is 0 Å². The molecule has 0 radical (unpaired) electrons. The molecular formula is C7H15NO2. The minimum absolute atomic E-state index is 0.139. The van der Waals surface area contributed by atoms with E-state index in [0.717, 1.165) is 19.4 Å². The highest BCUT2D eigenvalue weighted by molar-refractivity contribution is 4.64. The molecule has 1 rings (SSSR count). The topological polar surface area (TPSA) is 32.7 Å². The Labute approximate surface area is 61.6 Å². The fraction of sp³-hybridized carbons (Fsp3) is 1.00. The third-order valence-corrected chi connectivity index (χ3v) is 1.95. The summed E-state index contributed by atoms with van der Waals surface area (Å²) in [5.41, 5.74) is 0. The minimum atomic E-state index is -0.400. The standard InChI is InChI=1S/C7H15NO2/c1-6(9)8(2)7-4-3-5-10-7/h6-7,9H,3-5H2,1-2H3. The van der Waals surface area contributed by atoms with Crippen molar-refractivity contribution in [1.29, 1.82) is 0 Å². The Balaban J connectivity index is 2.32. The summed E-state index contributed by atoms with van der Waals surface area (Å²) >= 11 is 0. The first kappa shape index (κ1) is 7.98. The van der Waals surface area contributed by atoms with Crippen LogP contribution in [0.4, 0.5) is 0 Å². The van der Waals surface area contributed by atoms with Crippen molar-refractivity contribution in [3.05, 3.63) is 0 Å². The smallest absolute Gasteiger partial charge is 0.112 e. The second-order valence-electron chi connectivity index (χ2n) is 2.77. The Morgan fingerprint density at radius 2 is 2.40 bits per heavy atom. The van der Waals surface area contributed by atoms with Crippen molar-refractivity contribution < 1.29 is 9.84 Å². The molecule has 0 aliphatic carbocycles. The van der Waals surface area contributed by atoms with Gasteiger partial charge in [-0.2, -0.15) is 0 Å². The van der Waals surface area contributed by atoms with Crippen LogP contribution < -0.4 is 0 Å². The van der Waals surface area contributed by atoms with E-state index in [1.54, 1.807) is 6.92 Å². The van der Waals surface area contributed by atoms with Crippen LogP contribution in [-0.2, 0) is 4.74 Å². The van der Waals surface area contributed by atoms with Gasteiger partial charge < -0.3 is 9.84 Å². The van der Waals surface area contributed by atoms with Crippen molar-refractivity contribution in [1.82, 2.24) is 4.90 Å². The van der Waals surface area contributed by atoms with Crippen LogP contribution in [0.5, 0.6) is 0 Å². The SMILES string of the molecule is CC(O)N(C)C1CCCO1. The van der Waals surface area contributed by atoms with Gasteiger partial charge in [-0.3, -0.25) is 4.90 Å². The number of nitrogens with zero attached hydrogens (tertiary/aromatic N) is 1. The molecule has 1 N–H and O–H groups in total. The highest BCUT2D eigenvalue weighted by Gasteiger charge is 2.22. The van der Waals surface area contributed by atoms with Crippen molar-refractivity contribution in [3.8, 4) is 0 Å². The summed E-state index contributed by atoms with van der Waals surface area (Å²) in [7, 11) is 1.88. The zero-order valence-electron chi connectivity index (χ0n) is 6.58. The lowest BCUT2D eigenvalue weighted by Gasteiger charge is -2.25. The van der Waals surface area contributed by atoms with E-state index in [0.29, 0.717) is 0 Å². The molecule has 3 heteroatoms. The molecule has 60 valence electrons. The summed E-state index contributed by atoms with van der Waals surface area (Å²) in [5.74, 6) is 0. The first-order chi connectivity index (χ1) is 4.72. The third-order valence-electron chi connectivity index (χ3n) is 1.95. The zero-order chi connectivity index (χ0) is 7.56. The van der Waals surface area contributed by atoms with Gasteiger partial charge in [0, 0.05) is 6.61 Å². The molecule has 1 heterocycles. The Morgan fingerprint density at radius 3 is 2.80 bits per heavy atom. The fourth-order valence-electron chi connectivity index (χ4n) is 1.12. The Morgan fingerprint density at radius 1 is 1.70 bits per heavy atom. The van der Waals surface area contributed by atoms with Crippen LogP contribution in [0.15, 0.2) is 0 Å². The monoisotopic (exact) mass is 145 g/mol. The molecule has 3 nitrogen and oxygen atoms in total. The van der Waals surface area contributed by atoms with Crippen LogP contribution >= 0.6 is 0 Å². The molecule has 0 aromatic rings. The fourth-order valence-corrected chi connectivity index (χ4v) is 1.12. The summed E-state index contributed by atoms with van der Waals surface area (Å²) in [5, 5.41) is 9.13. The van der Waals surface area contributed by atoms with E-state index in [1.807, 2.05) is 11.9 Å². The molecule has 0 spiro atoms. The molecule has 2 atom stereocenters. The predicted molar refractivity (Wildman–Crippen MR) is 38.4 cm³/mol. The van der Waals surface area contributed by atoms with Gasteiger partial charge in [0.05, 0.1) is 0 Å². The Bertz CT molecular complexity index is 99.8. The Hall–Kier alpha value is -0.120. The molecule has 1 fully saturated rings. The van der Waals surface area contributed by atoms with Gasteiger partial charge in [-0.1, -0.05) is 0 Å². The largest absolute Gasteiger partial charge is 0.379 e. The molecule has 0 aromatic heterocycles. The number of rotatable bonds is 2. The van der Waals surface area contributed by atoms with Gasteiger partial charge in [0.15, 0.2) is 0 Å². The summed E-state index contributed by atoms with van der Waals surface area (Å²) in [4.78, 5) is 1.84. The first-order valence-electron chi connectivity index (χ1n) is 3.73. The third kappa shape index (κ3) is 1.68. The predicted octanol–water partition coefficient (Wildman–Crippen LogP) is 0.393. The lowest BCUT2D eigenvalue weighted by molar-refractivity contribution is -0.0861. The van der Waals surface area contributed by atoms with Crippen LogP contribution in [0.3, 0.4) is 0 Å². The number of hydrogen-bond donors (Lipinski definition) is 1. The highest BCUT2D eigenvalue weighted by Crippen LogP contribution is 2.15. The van der Waals surface area contributed by atoms with E-state index < -0.39 is 6.23 Å². The van der Waals surface area contributed by atoms with Gasteiger partial charge in [-0.25, -0.2) is 0 Å². The van der Waals surface area contributed by atoms with E-state index in [1.165, 1.54) is 0 Å². The number of ether oxygens (including phenoxy) is 1. The van der Waals surface area contributed by atoms with Gasteiger partial charge >= 0.3 is 0 Å². The van der Waals surface area contributed by atoms with E-state index in [4.69, 9.17) is 9.84 Å². The maximum Gasteiger partial charge on any atom is 0.112 e. The second kappa shape index (κ2) is 3.32. The van der Waals surface area contributed by atoms with Gasteiger partial charge in [0.2, 0.25) is 0 Å². The average molecular weight is 145 g/mol. The zero-order valence-corrected chi connectivity index (χ0v) is 6.58. The molecule has 1 aliphatic rings. The number of aliphatic hydroxyl groups excluding tert-OH is 1. The minimum Gasteiger partial charge on any atom is -0.379 e. The summed E-state index contributed by atoms with van der Waals surface area (Å²) < 4.78 is 5.34. The van der Waals surface area contributed by atoms with E-state index >= 15 is 0 Å². The average Bonchev–Trinajstić information content (AvgIpc) is 2.36. The lowest BCUT2D eigenvalue weighted by Crippen LogP contribution is -2.37. The van der Waals surface area contributed by atoms with Gasteiger partial charge in [-0.15, -0.1) is 0 Å². The van der Waals surface area contributed by atoms with Crippen molar-refractivity contribution >= 4 is 0 Å². The molecule has 0 saturated carbocycles. The molecule has 0 amide bonds. The van der Waals surface area contributed by atoms with Gasteiger partial charge in [0.1, 0.15) is 12.5 Å². The van der Waals surface area contributed by atoms with Crippen LogP contribution in [0.25, 0.3) is 0 Å². The van der Waals surface area contributed by atoms with Crippen LogP contribution in [0, 0.1) is 0 Å². The van der Waals surface area contributed by atoms with Crippen LogP contribution in [-0.4, -0.2) is 36.1 Å². The van der Waals surface area contributed by atoms with Gasteiger partial charge in [0.25, 0.3) is 0 Å². The molecule has 1 saturated heterocycles. The molecule has 1 aliphatic heterocycles. The molecule has 0 aromatic carbocycles. The lowest BCUT2D eigenvalue weighted by atomic mass is 10.3. The van der Waals surface area contributed by atoms with E-state index in [9.17, 15) is 0 Å².